The first-order valence-electron chi connectivity index (χ1n) is 4.95. The van der Waals surface area contributed by atoms with Crippen molar-refractivity contribution in [1.29, 1.82) is 0 Å². The van der Waals surface area contributed by atoms with Crippen LogP contribution >= 0.6 is 0 Å². The van der Waals surface area contributed by atoms with Crippen molar-refractivity contribution in [3.05, 3.63) is 12.2 Å². The van der Waals surface area contributed by atoms with E-state index in [1.54, 1.807) is 0 Å². The number of carboxylic acids is 1. The highest BCUT2D eigenvalue weighted by Gasteiger charge is 2.16. The first kappa shape index (κ1) is 13.2. The summed E-state index contributed by atoms with van der Waals surface area (Å²) in [4.78, 5) is 10.3. The summed E-state index contributed by atoms with van der Waals surface area (Å²) in [5.41, 5.74) is 1.11. The van der Waals surface area contributed by atoms with Crippen molar-refractivity contribution in [2.45, 2.75) is 39.7 Å². The summed E-state index contributed by atoms with van der Waals surface area (Å²) in [6.07, 6.45) is 1.86. The number of aliphatic carboxylic acids is 1. The average Bonchev–Trinajstić information content (AvgIpc) is 2.09. The van der Waals surface area contributed by atoms with Crippen LogP contribution in [0.15, 0.2) is 12.2 Å². The fourth-order valence-corrected chi connectivity index (χ4v) is 1.43. The number of carboxylic acid groups (broad SMARTS) is 1. The van der Waals surface area contributed by atoms with Crippen LogP contribution in [-0.2, 0) is 9.53 Å². The lowest BCUT2D eigenvalue weighted by Gasteiger charge is -2.22. The Morgan fingerprint density at radius 3 is 2.50 bits per heavy atom. The molecule has 0 amide bonds. The van der Waals surface area contributed by atoms with Gasteiger partial charge in [-0.2, -0.15) is 0 Å². The number of carbonyl (C=O) groups is 1. The minimum atomic E-state index is -0.915. The summed E-state index contributed by atoms with van der Waals surface area (Å²) in [7, 11) is 0. The Morgan fingerprint density at radius 2 is 2.14 bits per heavy atom. The quantitative estimate of drug-likeness (QED) is 0.642. The molecule has 0 fully saturated rings. The molecule has 82 valence electrons. The van der Waals surface area contributed by atoms with E-state index in [1.165, 1.54) is 0 Å². The number of rotatable bonds is 7. The van der Waals surface area contributed by atoms with Gasteiger partial charge < -0.3 is 9.84 Å². The van der Waals surface area contributed by atoms with E-state index in [-0.39, 0.29) is 12.7 Å². The zero-order valence-electron chi connectivity index (χ0n) is 9.25. The Kier molecular flexibility index (Phi) is 6.21. The van der Waals surface area contributed by atoms with Crippen molar-refractivity contribution >= 4 is 5.97 Å². The van der Waals surface area contributed by atoms with Gasteiger partial charge in [-0.05, 0) is 26.2 Å². The van der Waals surface area contributed by atoms with E-state index in [0.29, 0.717) is 5.92 Å². The highest BCUT2D eigenvalue weighted by molar-refractivity contribution is 5.68. The standard InChI is InChI=1S/C11H20O3/c1-5-10(6-8(2)3)9(4)14-7-11(12)13/h9-10H,2,5-7H2,1,3-4H3,(H,12,13). The third-order valence-electron chi connectivity index (χ3n) is 2.27. The molecule has 0 aliphatic heterocycles. The van der Waals surface area contributed by atoms with Crippen LogP contribution in [0.4, 0.5) is 0 Å². The first-order valence-corrected chi connectivity index (χ1v) is 4.95. The summed E-state index contributed by atoms with van der Waals surface area (Å²) in [5, 5.41) is 8.46. The molecule has 2 unspecified atom stereocenters. The molecule has 3 heteroatoms. The molecule has 0 spiro atoms. The summed E-state index contributed by atoms with van der Waals surface area (Å²) in [5.74, 6) is -0.547. The van der Waals surface area contributed by atoms with E-state index in [2.05, 4.69) is 13.5 Å². The zero-order valence-corrected chi connectivity index (χ0v) is 9.25. The molecule has 0 aliphatic carbocycles. The fraction of sp³-hybridized carbons (Fsp3) is 0.727. The molecule has 0 saturated carbocycles. The third-order valence-corrected chi connectivity index (χ3v) is 2.27. The van der Waals surface area contributed by atoms with Crippen LogP contribution in [0.1, 0.15) is 33.6 Å². The SMILES string of the molecule is C=C(C)CC(CC)C(C)OCC(=O)O. The van der Waals surface area contributed by atoms with Gasteiger partial charge in [-0.3, -0.25) is 0 Å². The maximum Gasteiger partial charge on any atom is 0.329 e. The molecule has 3 nitrogen and oxygen atoms in total. The van der Waals surface area contributed by atoms with Crippen LogP contribution in [-0.4, -0.2) is 23.8 Å². The maximum atomic E-state index is 10.3. The molecule has 0 rings (SSSR count). The summed E-state index contributed by atoms with van der Waals surface area (Å²) in [6, 6.07) is 0. The highest BCUT2D eigenvalue weighted by atomic mass is 16.5. The van der Waals surface area contributed by atoms with Crippen molar-refractivity contribution in [2.75, 3.05) is 6.61 Å². The number of allylic oxidation sites excluding steroid dienone is 1. The lowest BCUT2D eigenvalue weighted by Crippen LogP contribution is -2.23. The normalized spacial score (nSPS) is 14.8. The number of hydrogen-bond acceptors (Lipinski definition) is 2. The topological polar surface area (TPSA) is 46.5 Å². The molecule has 0 aliphatic rings. The van der Waals surface area contributed by atoms with Gasteiger partial charge in [0.2, 0.25) is 0 Å². The molecule has 0 radical (unpaired) electrons. The number of ether oxygens (including phenoxy) is 1. The summed E-state index contributed by atoms with van der Waals surface area (Å²) >= 11 is 0. The lowest BCUT2D eigenvalue weighted by molar-refractivity contribution is -0.145. The molecule has 0 aromatic rings. The molecular formula is C11H20O3. The van der Waals surface area contributed by atoms with Crippen LogP contribution in [0.3, 0.4) is 0 Å². The molecule has 0 aromatic heterocycles. The second-order valence-electron chi connectivity index (χ2n) is 3.74. The van der Waals surface area contributed by atoms with Crippen molar-refractivity contribution in [3.8, 4) is 0 Å². The predicted molar refractivity (Wildman–Crippen MR) is 56.3 cm³/mol. The largest absolute Gasteiger partial charge is 0.480 e. The fourth-order valence-electron chi connectivity index (χ4n) is 1.43. The van der Waals surface area contributed by atoms with E-state index in [4.69, 9.17) is 9.84 Å². The highest BCUT2D eigenvalue weighted by Crippen LogP contribution is 2.19. The molecule has 0 aromatic carbocycles. The summed E-state index contributed by atoms with van der Waals surface area (Å²) in [6.45, 7) is 9.61. The van der Waals surface area contributed by atoms with Crippen LogP contribution in [0, 0.1) is 5.92 Å². The monoisotopic (exact) mass is 200 g/mol. The Labute approximate surface area is 85.8 Å². The van der Waals surface area contributed by atoms with E-state index in [0.717, 1.165) is 18.4 Å². The molecule has 2 atom stereocenters. The minimum absolute atomic E-state index is 0.0206. The molecule has 0 bridgehead atoms. The molecule has 14 heavy (non-hydrogen) atoms. The van der Waals surface area contributed by atoms with Gasteiger partial charge in [0.1, 0.15) is 6.61 Å². The average molecular weight is 200 g/mol. The van der Waals surface area contributed by atoms with Crippen LogP contribution in [0.25, 0.3) is 0 Å². The number of hydrogen-bond donors (Lipinski definition) is 1. The Hall–Kier alpha value is -0.830. The van der Waals surface area contributed by atoms with E-state index < -0.39 is 5.97 Å². The van der Waals surface area contributed by atoms with Gasteiger partial charge in [-0.15, -0.1) is 6.58 Å². The third kappa shape index (κ3) is 5.75. The molecule has 0 saturated heterocycles. The van der Waals surface area contributed by atoms with Crippen molar-refractivity contribution in [1.82, 2.24) is 0 Å². The van der Waals surface area contributed by atoms with Gasteiger partial charge >= 0.3 is 5.97 Å². The second-order valence-corrected chi connectivity index (χ2v) is 3.74. The van der Waals surface area contributed by atoms with E-state index in [1.807, 2.05) is 13.8 Å². The second kappa shape index (κ2) is 6.60. The zero-order chi connectivity index (χ0) is 11.1. The first-order chi connectivity index (χ1) is 6.47. The van der Waals surface area contributed by atoms with Gasteiger partial charge in [-0.1, -0.05) is 18.9 Å². The summed E-state index contributed by atoms with van der Waals surface area (Å²) < 4.78 is 5.22. The smallest absolute Gasteiger partial charge is 0.329 e. The Bertz CT molecular complexity index is 199. The minimum Gasteiger partial charge on any atom is -0.480 e. The van der Waals surface area contributed by atoms with Crippen LogP contribution in [0.5, 0.6) is 0 Å². The van der Waals surface area contributed by atoms with Crippen molar-refractivity contribution < 1.29 is 14.6 Å². The van der Waals surface area contributed by atoms with E-state index in [9.17, 15) is 4.79 Å². The van der Waals surface area contributed by atoms with Gasteiger partial charge in [0.05, 0.1) is 6.10 Å². The van der Waals surface area contributed by atoms with Gasteiger partial charge in [0.25, 0.3) is 0 Å². The molecular weight excluding hydrogens is 180 g/mol. The van der Waals surface area contributed by atoms with Crippen LogP contribution < -0.4 is 0 Å². The van der Waals surface area contributed by atoms with Crippen molar-refractivity contribution in [3.63, 3.8) is 0 Å². The maximum absolute atomic E-state index is 10.3. The van der Waals surface area contributed by atoms with Gasteiger partial charge in [-0.25, -0.2) is 4.79 Å². The van der Waals surface area contributed by atoms with Crippen molar-refractivity contribution in [2.24, 2.45) is 5.92 Å². The molecule has 0 heterocycles. The molecule has 1 N–H and O–H groups in total. The lowest BCUT2D eigenvalue weighted by atomic mass is 9.93. The Balaban J connectivity index is 3.96. The van der Waals surface area contributed by atoms with Gasteiger partial charge in [0, 0.05) is 0 Å². The Morgan fingerprint density at radius 1 is 1.57 bits per heavy atom. The predicted octanol–water partition coefficient (Wildman–Crippen LogP) is 2.47. The van der Waals surface area contributed by atoms with E-state index >= 15 is 0 Å². The van der Waals surface area contributed by atoms with Crippen LogP contribution in [0.2, 0.25) is 0 Å². The van der Waals surface area contributed by atoms with Gasteiger partial charge in [0.15, 0.2) is 0 Å².